The number of aryl methyl sites for hydroxylation is 1. The van der Waals surface area contributed by atoms with E-state index in [4.69, 9.17) is 5.73 Å². The van der Waals surface area contributed by atoms with E-state index >= 15 is 0 Å². The van der Waals surface area contributed by atoms with Crippen LogP contribution < -0.4 is 5.73 Å². The van der Waals surface area contributed by atoms with E-state index in [9.17, 15) is 0 Å². The summed E-state index contributed by atoms with van der Waals surface area (Å²) in [6.45, 7) is 2.15. The molecule has 2 rings (SSSR count). The Balaban J connectivity index is 2.36. The predicted octanol–water partition coefficient (Wildman–Crippen LogP) is 2.57. The summed E-state index contributed by atoms with van der Waals surface area (Å²) in [4.78, 5) is 0. The van der Waals surface area contributed by atoms with Gasteiger partial charge in [0.1, 0.15) is 0 Å². The van der Waals surface area contributed by atoms with Crippen LogP contribution in [-0.4, -0.2) is 6.04 Å². The van der Waals surface area contributed by atoms with E-state index in [1.165, 1.54) is 11.1 Å². The molecule has 1 nitrogen and oxygen atoms in total. The van der Waals surface area contributed by atoms with Gasteiger partial charge in [0.25, 0.3) is 0 Å². The van der Waals surface area contributed by atoms with E-state index in [1.54, 1.807) is 0 Å². The van der Waals surface area contributed by atoms with E-state index in [0.717, 1.165) is 10.9 Å². The molecule has 1 aliphatic carbocycles. The number of halogens is 1. The van der Waals surface area contributed by atoms with Crippen LogP contribution in [0.15, 0.2) is 22.7 Å². The van der Waals surface area contributed by atoms with Crippen molar-refractivity contribution in [3.63, 3.8) is 0 Å². The van der Waals surface area contributed by atoms with Crippen LogP contribution in [0.25, 0.3) is 0 Å². The fraction of sp³-hybridized carbons (Fsp3) is 0.400. The van der Waals surface area contributed by atoms with Gasteiger partial charge in [-0.3, -0.25) is 0 Å². The minimum Gasteiger partial charge on any atom is -0.327 e. The second kappa shape index (κ2) is 2.86. The topological polar surface area (TPSA) is 26.0 Å². The van der Waals surface area contributed by atoms with Crippen LogP contribution in [0.3, 0.4) is 0 Å². The zero-order chi connectivity index (χ0) is 8.72. The third kappa shape index (κ3) is 1.41. The van der Waals surface area contributed by atoms with E-state index in [1.807, 2.05) is 0 Å². The summed E-state index contributed by atoms with van der Waals surface area (Å²) < 4.78 is 1.15. The third-order valence-electron chi connectivity index (χ3n) is 2.48. The first-order chi connectivity index (χ1) is 5.68. The Morgan fingerprint density at radius 1 is 1.50 bits per heavy atom. The number of benzene rings is 1. The Labute approximate surface area is 81.1 Å². The molecule has 0 spiro atoms. The van der Waals surface area contributed by atoms with Crippen molar-refractivity contribution in [1.82, 2.24) is 0 Å². The second-order valence-electron chi connectivity index (χ2n) is 3.51. The first-order valence-electron chi connectivity index (χ1n) is 4.20. The Kier molecular flexibility index (Phi) is 1.97. The van der Waals surface area contributed by atoms with Crippen LogP contribution >= 0.6 is 15.9 Å². The van der Waals surface area contributed by atoms with Crippen LogP contribution in [0, 0.1) is 6.92 Å². The van der Waals surface area contributed by atoms with Gasteiger partial charge in [0, 0.05) is 16.4 Å². The summed E-state index contributed by atoms with van der Waals surface area (Å²) in [7, 11) is 0. The number of rotatable bonds is 1. The summed E-state index contributed by atoms with van der Waals surface area (Å²) in [5.74, 6) is 0.613. The van der Waals surface area contributed by atoms with Crippen LogP contribution in [0.2, 0.25) is 0 Å². The van der Waals surface area contributed by atoms with Gasteiger partial charge in [0.2, 0.25) is 0 Å². The minimum atomic E-state index is 0.401. The molecule has 1 aliphatic rings. The van der Waals surface area contributed by atoms with E-state index in [0.29, 0.717) is 12.0 Å². The highest BCUT2D eigenvalue weighted by Crippen LogP contribution is 2.41. The average Bonchev–Trinajstić information content (AvgIpc) is 2.73. The van der Waals surface area contributed by atoms with Crippen molar-refractivity contribution in [2.24, 2.45) is 5.73 Å². The van der Waals surface area contributed by atoms with E-state index < -0.39 is 0 Å². The van der Waals surface area contributed by atoms with Gasteiger partial charge in [-0.05, 0) is 36.6 Å². The smallest absolute Gasteiger partial charge is 0.0178 e. The average molecular weight is 226 g/mol. The zero-order valence-corrected chi connectivity index (χ0v) is 8.64. The lowest BCUT2D eigenvalue weighted by Crippen LogP contribution is -2.01. The highest BCUT2D eigenvalue weighted by atomic mass is 79.9. The van der Waals surface area contributed by atoms with Gasteiger partial charge >= 0.3 is 0 Å². The molecule has 0 aromatic heterocycles. The molecule has 64 valence electrons. The monoisotopic (exact) mass is 225 g/mol. The Hall–Kier alpha value is -0.340. The molecule has 2 atom stereocenters. The largest absolute Gasteiger partial charge is 0.327 e. The quantitative estimate of drug-likeness (QED) is 0.782. The van der Waals surface area contributed by atoms with Crippen molar-refractivity contribution in [3.05, 3.63) is 33.8 Å². The SMILES string of the molecule is Cc1ccc(Br)cc1[C@@H]1C[C@H]1N. The number of hydrogen-bond donors (Lipinski definition) is 1. The highest BCUT2D eigenvalue weighted by Gasteiger charge is 2.35. The summed E-state index contributed by atoms with van der Waals surface area (Å²) in [5.41, 5.74) is 8.57. The maximum absolute atomic E-state index is 5.80. The van der Waals surface area contributed by atoms with Gasteiger partial charge in [-0.2, -0.15) is 0 Å². The molecule has 1 saturated carbocycles. The highest BCUT2D eigenvalue weighted by molar-refractivity contribution is 9.10. The summed E-state index contributed by atoms with van der Waals surface area (Å²) in [6, 6.07) is 6.81. The van der Waals surface area contributed by atoms with E-state index in [2.05, 4.69) is 41.1 Å². The lowest BCUT2D eigenvalue weighted by Gasteiger charge is -2.04. The molecule has 12 heavy (non-hydrogen) atoms. The zero-order valence-electron chi connectivity index (χ0n) is 7.05. The first kappa shape index (κ1) is 8.27. The molecule has 0 heterocycles. The fourth-order valence-corrected chi connectivity index (χ4v) is 1.96. The summed E-state index contributed by atoms with van der Waals surface area (Å²) >= 11 is 3.47. The van der Waals surface area contributed by atoms with Crippen LogP contribution in [0.1, 0.15) is 23.5 Å². The molecule has 0 unspecified atom stereocenters. The van der Waals surface area contributed by atoms with Gasteiger partial charge in [0.15, 0.2) is 0 Å². The molecule has 0 amide bonds. The molecule has 1 aromatic rings. The predicted molar refractivity (Wildman–Crippen MR) is 54.2 cm³/mol. The molecule has 2 N–H and O–H groups in total. The van der Waals surface area contributed by atoms with Gasteiger partial charge < -0.3 is 5.73 Å². The van der Waals surface area contributed by atoms with Crippen molar-refractivity contribution in [2.75, 3.05) is 0 Å². The molecule has 0 bridgehead atoms. The van der Waals surface area contributed by atoms with Gasteiger partial charge in [-0.15, -0.1) is 0 Å². The summed E-state index contributed by atoms with van der Waals surface area (Å²) in [5, 5.41) is 0. The van der Waals surface area contributed by atoms with Crippen molar-refractivity contribution < 1.29 is 0 Å². The molecule has 0 radical (unpaired) electrons. The van der Waals surface area contributed by atoms with Gasteiger partial charge in [-0.25, -0.2) is 0 Å². The maximum atomic E-state index is 5.80. The lowest BCUT2D eigenvalue weighted by atomic mass is 10.0. The van der Waals surface area contributed by atoms with Crippen molar-refractivity contribution in [3.8, 4) is 0 Å². The maximum Gasteiger partial charge on any atom is 0.0178 e. The molecular weight excluding hydrogens is 214 g/mol. The van der Waals surface area contributed by atoms with Crippen LogP contribution in [0.4, 0.5) is 0 Å². The fourth-order valence-electron chi connectivity index (χ4n) is 1.58. The molecule has 0 aliphatic heterocycles. The van der Waals surface area contributed by atoms with E-state index in [-0.39, 0.29) is 0 Å². The second-order valence-corrected chi connectivity index (χ2v) is 4.42. The molecular formula is C10H12BrN. The van der Waals surface area contributed by atoms with Gasteiger partial charge in [-0.1, -0.05) is 22.0 Å². The third-order valence-corrected chi connectivity index (χ3v) is 2.97. The lowest BCUT2D eigenvalue weighted by molar-refractivity contribution is 0.979. The van der Waals surface area contributed by atoms with Crippen LogP contribution in [-0.2, 0) is 0 Å². The summed E-state index contributed by atoms with van der Waals surface area (Å²) in [6.07, 6.45) is 1.15. The number of nitrogens with two attached hydrogens (primary N) is 1. The first-order valence-corrected chi connectivity index (χ1v) is 4.99. The van der Waals surface area contributed by atoms with Crippen molar-refractivity contribution in [1.29, 1.82) is 0 Å². The molecule has 1 fully saturated rings. The standard InChI is InChI=1S/C10H12BrN/c1-6-2-3-7(11)4-8(6)9-5-10(9)12/h2-4,9-10H,5,12H2,1H3/t9-,10+/m0/s1. The molecule has 2 heteroatoms. The van der Waals surface area contributed by atoms with Crippen molar-refractivity contribution >= 4 is 15.9 Å². The number of hydrogen-bond acceptors (Lipinski definition) is 1. The normalized spacial score (nSPS) is 27.2. The Bertz CT molecular complexity index is 309. The Morgan fingerprint density at radius 3 is 2.75 bits per heavy atom. The van der Waals surface area contributed by atoms with Crippen molar-refractivity contribution in [2.45, 2.75) is 25.3 Å². The minimum absolute atomic E-state index is 0.401. The molecule has 1 aromatic carbocycles. The van der Waals surface area contributed by atoms with Crippen LogP contribution in [0.5, 0.6) is 0 Å². The molecule has 0 saturated heterocycles. The van der Waals surface area contributed by atoms with Gasteiger partial charge in [0.05, 0.1) is 0 Å². The Morgan fingerprint density at radius 2 is 2.17 bits per heavy atom.